The first-order valence-electron chi connectivity index (χ1n) is 8.27. The van der Waals surface area contributed by atoms with Crippen molar-refractivity contribution in [3.63, 3.8) is 0 Å². The molecule has 140 valence electrons. The van der Waals surface area contributed by atoms with Gasteiger partial charge in [0.25, 0.3) is 0 Å². The maximum atomic E-state index is 8.81. The Morgan fingerprint density at radius 3 is 2.61 bits per heavy atom. The minimum Gasteiger partial charge on any atom is -0.496 e. The number of hydrogen-bond acceptors (Lipinski definition) is 8. The Balaban J connectivity index is 1.76. The van der Waals surface area contributed by atoms with Gasteiger partial charge in [0.2, 0.25) is 11.8 Å². The molecule has 0 spiro atoms. The van der Waals surface area contributed by atoms with Gasteiger partial charge in [-0.25, -0.2) is 4.98 Å². The standard InChI is InChI=1S/C19H16N6O3/c1-27-14-4-2-3-12-13(9-22-17(21)15(12)14)19-24-23-18(28-19)11-7-5-10(6-8-11)16(20)25-26/h2-9,26H,1H3,(H2,20,25)(H2,21,22). The van der Waals surface area contributed by atoms with Crippen molar-refractivity contribution in [3.05, 3.63) is 54.2 Å². The number of nitrogens with zero attached hydrogens (tertiary/aromatic N) is 3. The summed E-state index contributed by atoms with van der Waals surface area (Å²) in [6.45, 7) is 0. The fourth-order valence-electron chi connectivity index (χ4n) is 2.92. The van der Waals surface area contributed by atoms with Crippen molar-refractivity contribution in [3.8, 4) is 28.7 Å². The number of nitrogens with one attached hydrogen (secondary N) is 2. The summed E-state index contributed by atoms with van der Waals surface area (Å²) in [7, 11) is 1.57. The second-order valence-corrected chi connectivity index (χ2v) is 5.92. The van der Waals surface area contributed by atoms with Gasteiger partial charge in [0.1, 0.15) is 17.4 Å². The third kappa shape index (κ3) is 2.89. The quantitative estimate of drug-likeness (QED) is 0.242. The number of benzene rings is 2. The number of nitrogen functional groups attached to an aromatic ring is 1. The number of hydroxylamine groups is 1. The predicted octanol–water partition coefficient (Wildman–Crippen LogP) is 2.85. The van der Waals surface area contributed by atoms with Crippen molar-refractivity contribution in [2.45, 2.75) is 0 Å². The molecule has 0 amide bonds. The van der Waals surface area contributed by atoms with Gasteiger partial charge in [-0.2, -0.15) is 0 Å². The number of rotatable bonds is 4. The Morgan fingerprint density at radius 2 is 1.89 bits per heavy atom. The van der Waals surface area contributed by atoms with E-state index in [0.29, 0.717) is 45.4 Å². The molecule has 0 aliphatic heterocycles. The minimum absolute atomic E-state index is 0.105. The van der Waals surface area contributed by atoms with Crippen LogP contribution in [-0.4, -0.2) is 33.3 Å². The van der Waals surface area contributed by atoms with Crippen LogP contribution in [0.25, 0.3) is 33.7 Å². The summed E-state index contributed by atoms with van der Waals surface area (Å²) in [6.07, 6.45) is 1.59. The molecule has 2 heterocycles. The largest absolute Gasteiger partial charge is 0.496 e. The molecule has 4 rings (SSSR count). The molecule has 4 aromatic rings. The molecule has 2 aromatic heterocycles. The fourth-order valence-corrected chi connectivity index (χ4v) is 2.92. The summed E-state index contributed by atoms with van der Waals surface area (Å²) in [5.41, 5.74) is 9.67. The lowest BCUT2D eigenvalue weighted by molar-refractivity contribution is 0.234. The summed E-state index contributed by atoms with van der Waals surface area (Å²) in [5.74, 6) is 1.48. The number of fused-ring (bicyclic) bond motifs is 1. The van der Waals surface area contributed by atoms with Crippen LogP contribution in [0.5, 0.6) is 5.75 Å². The topological polar surface area (TPSA) is 143 Å². The van der Waals surface area contributed by atoms with Crippen LogP contribution in [0.15, 0.2) is 53.1 Å². The zero-order valence-corrected chi connectivity index (χ0v) is 14.8. The molecule has 0 radical (unpaired) electrons. The molecule has 5 N–H and O–H groups in total. The van der Waals surface area contributed by atoms with E-state index >= 15 is 0 Å². The molecule has 0 aliphatic rings. The lowest BCUT2D eigenvalue weighted by atomic mass is 10.1. The number of aromatic nitrogens is 3. The molecule has 9 heteroatoms. The smallest absolute Gasteiger partial charge is 0.250 e. The van der Waals surface area contributed by atoms with E-state index in [1.807, 2.05) is 18.2 Å². The lowest BCUT2D eigenvalue weighted by Crippen LogP contribution is -2.18. The van der Waals surface area contributed by atoms with Gasteiger partial charge in [0.15, 0.2) is 0 Å². The van der Waals surface area contributed by atoms with E-state index in [9.17, 15) is 0 Å². The van der Waals surface area contributed by atoms with E-state index in [0.717, 1.165) is 5.39 Å². The highest BCUT2D eigenvalue weighted by atomic mass is 16.5. The van der Waals surface area contributed by atoms with E-state index in [-0.39, 0.29) is 5.84 Å². The van der Waals surface area contributed by atoms with Crippen molar-refractivity contribution in [1.82, 2.24) is 20.7 Å². The van der Waals surface area contributed by atoms with Crippen molar-refractivity contribution in [1.29, 1.82) is 5.41 Å². The average Bonchev–Trinajstić information content (AvgIpc) is 3.23. The predicted molar refractivity (Wildman–Crippen MR) is 103 cm³/mol. The van der Waals surface area contributed by atoms with Gasteiger partial charge in [-0.15, -0.1) is 10.2 Å². The Bertz CT molecular complexity index is 1170. The molecule has 0 bridgehead atoms. The third-order valence-electron chi connectivity index (χ3n) is 4.31. The molecule has 0 saturated carbocycles. The fraction of sp³-hybridized carbons (Fsp3) is 0.0526. The lowest BCUT2D eigenvalue weighted by Gasteiger charge is -2.09. The summed E-state index contributed by atoms with van der Waals surface area (Å²) >= 11 is 0. The number of nitrogens with two attached hydrogens (primary N) is 1. The van der Waals surface area contributed by atoms with E-state index < -0.39 is 0 Å². The number of amidine groups is 1. The normalized spacial score (nSPS) is 10.8. The number of pyridine rings is 1. The monoisotopic (exact) mass is 376 g/mol. The zero-order valence-electron chi connectivity index (χ0n) is 14.8. The van der Waals surface area contributed by atoms with Gasteiger partial charge in [-0.3, -0.25) is 16.1 Å². The molecular weight excluding hydrogens is 360 g/mol. The van der Waals surface area contributed by atoms with Crippen LogP contribution in [0, 0.1) is 5.41 Å². The SMILES string of the molecule is COc1cccc2c(-c3nnc(-c4ccc(C(=N)NO)cc4)o3)cnc(N)c12. The molecule has 0 saturated heterocycles. The first kappa shape index (κ1) is 17.4. The number of ether oxygens (including phenoxy) is 1. The van der Waals surface area contributed by atoms with Crippen molar-refractivity contribution >= 4 is 22.4 Å². The number of hydrogen-bond donors (Lipinski definition) is 4. The van der Waals surface area contributed by atoms with Crippen molar-refractivity contribution < 1.29 is 14.4 Å². The summed E-state index contributed by atoms with van der Waals surface area (Å²) < 4.78 is 11.2. The zero-order chi connectivity index (χ0) is 19.7. The molecule has 28 heavy (non-hydrogen) atoms. The van der Waals surface area contributed by atoms with Gasteiger partial charge >= 0.3 is 0 Å². The van der Waals surface area contributed by atoms with E-state index in [1.54, 1.807) is 43.1 Å². The van der Waals surface area contributed by atoms with Crippen LogP contribution in [-0.2, 0) is 0 Å². The Morgan fingerprint density at radius 1 is 1.14 bits per heavy atom. The van der Waals surface area contributed by atoms with Crippen LogP contribution in [0.2, 0.25) is 0 Å². The molecule has 9 nitrogen and oxygen atoms in total. The first-order valence-corrected chi connectivity index (χ1v) is 8.27. The van der Waals surface area contributed by atoms with Gasteiger partial charge in [0.05, 0.1) is 18.1 Å². The summed E-state index contributed by atoms with van der Waals surface area (Å²) in [5, 5.41) is 26.1. The second-order valence-electron chi connectivity index (χ2n) is 5.92. The summed E-state index contributed by atoms with van der Waals surface area (Å²) in [4.78, 5) is 4.23. The molecule has 2 aromatic carbocycles. The minimum atomic E-state index is -0.105. The highest BCUT2D eigenvalue weighted by Crippen LogP contribution is 2.36. The van der Waals surface area contributed by atoms with Gasteiger partial charge in [-0.1, -0.05) is 24.3 Å². The van der Waals surface area contributed by atoms with Crippen LogP contribution in [0.1, 0.15) is 5.56 Å². The number of methoxy groups -OCH3 is 1. The van der Waals surface area contributed by atoms with Gasteiger partial charge < -0.3 is 14.9 Å². The van der Waals surface area contributed by atoms with E-state index in [4.69, 9.17) is 25.5 Å². The Hall–Kier alpha value is -3.98. The molecule has 0 aliphatic carbocycles. The Labute approximate surface area is 159 Å². The van der Waals surface area contributed by atoms with Crippen molar-refractivity contribution in [2.75, 3.05) is 12.8 Å². The molecule has 0 atom stereocenters. The average molecular weight is 376 g/mol. The maximum Gasteiger partial charge on any atom is 0.250 e. The molecule has 0 unspecified atom stereocenters. The Kier molecular flexibility index (Phi) is 4.34. The first-order chi connectivity index (χ1) is 13.6. The molecule has 0 fully saturated rings. The van der Waals surface area contributed by atoms with Crippen molar-refractivity contribution in [2.24, 2.45) is 0 Å². The van der Waals surface area contributed by atoms with Gasteiger partial charge in [0, 0.05) is 22.7 Å². The highest BCUT2D eigenvalue weighted by molar-refractivity contribution is 6.03. The number of anilines is 1. The van der Waals surface area contributed by atoms with Crippen LogP contribution in [0.4, 0.5) is 5.82 Å². The van der Waals surface area contributed by atoms with E-state index in [2.05, 4.69) is 15.2 Å². The van der Waals surface area contributed by atoms with Crippen LogP contribution >= 0.6 is 0 Å². The highest BCUT2D eigenvalue weighted by Gasteiger charge is 2.17. The third-order valence-corrected chi connectivity index (χ3v) is 4.31. The second kappa shape index (κ2) is 6.97. The van der Waals surface area contributed by atoms with E-state index in [1.165, 1.54) is 0 Å². The molecular formula is C19H16N6O3. The van der Waals surface area contributed by atoms with Gasteiger partial charge in [-0.05, 0) is 18.2 Å². The maximum absolute atomic E-state index is 8.81. The summed E-state index contributed by atoms with van der Waals surface area (Å²) in [6, 6.07) is 12.3. The van der Waals surface area contributed by atoms with Crippen LogP contribution < -0.4 is 16.0 Å². The van der Waals surface area contributed by atoms with Crippen LogP contribution in [0.3, 0.4) is 0 Å².